The van der Waals surface area contributed by atoms with Crippen LogP contribution in [0.1, 0.15) is 22.3 Å². The molecule has 0 saturated carbocycles. The summed E-state index contributed by atoms with van der Waals surface area (Å²) in [4.78, 5) is 2.48. The van der Waals surface area contributed by atoms with Crippen LogP contribution in [0, 0.1) is 0 Å². The molecule has 0 radical (unpaired) electrons. The van der Waals surface area contributed by atoms with Gasteiger partial charge < -0.3 is 9.47 Å². The number of aromatic nitrogens is 1. The molecule has 0 bridgehead atoms. The molecule has 0 saturated heterocycles. The Bertz CT molecular complexity index is 3220. The van der Waals surface area contributed by atoms with Crippen molar-refractivity contribution in [1.82, 2.24) is 4.57 Å². The number of hydrogen-bond acceptors (Lipinski definition) is 1. The quantitative estimate of drug-likeness (QED) is 0.173. The lowest BCUT2D eigenvalue weighted by molar-refractivity contribution is 0.793. The van der Waals surface area contributed by atoms with Gasteiger partial charge in [-0.05, 0) is 111 Å². The van der Waals surface area contributed by atoms with Crippen LogP contribution in [0.4, 0.5) is 17.1 Å². The molecule has 1 unspecified atom stereocenters. The van der Waals surface area contributed by atoms with Gasteiger partial charge in [0.2, 0.25) is 0 Å². The molecule has 0 N–H and O–H groups in total. The first-order valence-corrected chi connectivity index (χ1v) is 20.0. The Balaban J connectivity index is 1.21. The highest BCUT2D eigenvalue weighted by molar-refractivity contribution is 9.10. The van der Waals surface area contributed by atoms with E-state index >= 15 is 0 Å². The lowest BCUT2D eigenvalue weighted by Crippen LogP contribution is -2.26. The molecule has 0 aliphatic heterocycles. The molecule has 2 aliphatic carbocycles. The summed E-state index contributed by atoms with van der Waals surface area (Å²) in [5.74, 6) is 0. The van der Waals surface area contributed by atoms with Crippen molar-refractivity contribution in [3.05, 3.63) is 227 Å². The Hall–Kier alpha value is -6.68. The van der Waals surface area contributed by atoms with Gasteiger partial charge in [-0.15, -0.1) is 0 Å². The first-order chi connectivity index (χ1) is 27.7. The highest BCUT2D eigenvalue weighted by Gasteiger charge is 2.52. The van der Waals surface area contributed by atoms with E-state index in [2.05, 4.69) is 226 Å². The van der Waals surface area contributed by atoms with Crippen LogP contribution in [0.25, 0.3) is 60.5 Å². The van der Waals surface area contributed by atoms with Gasteiger partial charge in [0.25, 0.3) is 0 Å². The number of rotatable bonds is 4. The smallest absolute Gasteiger partial charge is 0.0726 e. The molecular weight excluding hydrogens is 745 g/mol. The summed E-state index contributed by atoms with van der Waals surface area (Å²) in [6.45, 7) is 0. The molecule has 1 heterocycles. The second-order valence-electron chi connectivity index (χ2n) is 15.0. The van der Waals surface area contributed by atoms with Crippen molar-refractivity contribution in [2.45, 2.75) is 5.41 Å². The average molecular weight is 778 g/mol. The van der Waals surface area contributed by atoms with Crippen molar-refractivity contribution < 1.29 is 0 Å². The molecule has 10 aromatic rings. The Morgan fingerprint density at radius 3 is 1.80 bits per heavy atom. The SMILES string of the molecule is Brc1ccc2c(c1)C1(c3ccccc3-2)c2ccccc2-c2c1cc(N(c1ccccc1)c1ccc3c4ccccc4n(-c4ccccc4)c3c1)c1ccccc21. The van der Waals surface area contributed by atoms with Crippen LogP contribution >= 0.6 is 15.9 Å². The van der Waals surface area contributed by atoms with Crippen molar-refractivity contribution >= 4 is 65.6 Å². The number of para-hydroxylation sites is 3. The van der Waals surface area contributed by atoms with Gasteiger partial charge in [0.1, 0.15) is 0 Å². The second-order valence-corrected chi connectivity index (χ2v) is 15.9. The third-order valence-corrected chi connectivity index (χ3v) is 12.7. The zero-order chi connectivity index (χ0) is 37.0. The molecule has 9 aromatic carbocycles. The van der Waals surface area contributed by atoms with Gasteiger partial charge >= 0.3 is 0 Å². The minimum atomic E-state index is -0.494. The zero-order valence-electron chi connectivity index (χ0n) is 30.3. The van der Waals surface area contributed by atoms with E-state index in [0.29, 0.717) is 0 Å². The van der Waals surface area contributed by atoms with Gasteiger partial charge in [0, 0.05) is 37.7 Å². The van der Waals surface area contributed by atoms with E-state index in [-0.39, 0.29) is 0 Å². The lowest BCUT2D eigenvalue weighted by atomic mass is 9.70. The molecule has 12 rings (SSSR count). The van der Waals surface area contributed by atoms with E-state index in [1.807, 2.05) is 0 Å². The van der Waals surface area contributed by atoms with Crippen LogP contribution < -0.4 is 4.90 Å². The standard InChI is InChI=1S/C53H33BrN2/c54-34-27-29-39-38-19-9-12-24-45(38)53(47(39)31-34)46-25-13-10-23-44(46)52-43-22-8-7-21-41(43)51(33-48(52)53)55(35-15-3-1-4-16-35)37-28-30-42-40-20-11-14-26-49(40)56(50(42)32-37)36-17-5-2-6-18-36/h1-33H. The maximum Gasteiger partial charge on any atom is 0.0726 e. The van der Waals surface area contributed by atoms with Crippen LogP contribution in [0.15, 0.2) is 205 Å². The highest BCUT2D eigenvalue weighted by atomic mass is 79.9. The number of halogens is 1. The summed E-state index contributed by atoms with van der Waals surface area (Å²) < 4.78 is 3.50. The van der Waals surface area contributed by atoms with E-state index in [1.54, 1.807) is 0 Å². The van der Waals surface area contributed by atoms with Crippen LogP contribution in [-0.4, -0.2) is 4.57 Å². The Morgan fingerprint density at radius 2 is 1.00 bits per heavy atom. The van der Waals surface area contributed by atoms with Crippen molar-refractivity contribution in [2.24, 2.45) is 0 Å². The third-order valence-electron chi connectivity index (χ3n) is 12.2. The molecule has 2 nitrogen and oxygen atoms in total. The minimum Gasteiger partial charge on any atom is -0.310 e. The predicted octanol–water partition coefficient (Wildman–Crippen LogP) is 14.5. The van der Waals surface area contributed by atoms with E-state index in [4.69, 9.17) is 0 Å². The molecule has 0 fully saturated rings. The summed E-state index contributed by atoms with van der Waals surface area (Å²) in [5, 5.41) is 4.95. The van der Waals surface area contributed by atoms with E-state index in [9.17, 15) is 0 Å². The maximum atomic E-state index is 3.90. The second kappa shape index (κ2) is 11.9. The molecule has 3 heteroatoms. The predicted molar refractivity (Wildman–Crippen MR) is 237 cm³/mol. The lowest BCUT2D eigenvalue weighted by Gasteiger charge is -2.33. The zero-order valence-corrected chi connectivity index (χ0v) is 31.9. The minimum absolute atomic E-state index is 0.494. The fourth-order valence-corrected chi connectivity index (χ4v) is 10.5. The molecule has 262 valence electrons. The van der Waals surface area contributed by atoms with Gasteiger partial charge in [0.15, 0.2) is 0 Å². The largest absolute Gasteiger partial charge is 0.310 e. The van der Waals surface area contributed by atoms with E-state index in [0.717, 1.165) is 27.2 Å². The summed E-state index contributed by atoms with van der Waals surface area (Å²) in [6.07, 6.45) is 0. The average Bonchev–Trinajstić information content (AvgIpc) is 3.86. The number of benzene rings is 9. The van der Waals surface area contributed by atoms with Crippen molar-refractivity contribution in [3.63, 3.8) is 0 Å². The summed E-state index contributed by atoms with van der Waals surface area (Å²) in [6, 6.07) is 73.9. The molecule has 1 spiro atoms. The first kappa shape index (κ1) is 31.6. The first-order valence-electron chi connectivity index (χ1n) is 19.2. The van der Waals surface area contributed by atoms with Gasteiger partial charge in [-0.1, -0.05) is 155 Å². The number of hydrogen-bond donors (Lipinski definition) is 0. The Kier molecular flexibility index (Phi) is 6.73. The van der Waals surface area contributed by atoms with E-state index in [1.165, 1.54) is 77.1 Å². The van der Waals surface area contributed by atoms with Crippen molar-refractivity contribution in [2.75, 3.05) is 4.90 Å². The number of anilines is 3. The third kappa shape index (κ3) is 4.21. The van der Waals surface area contributed by atoms with Gasteiger partial charge in [-0.3, -0.25) is 0 Å². The number of nitrogens with zero attached hydrogens (tertiary/aromatic N) is 2. The molecule has 56 heavy (non-hydrogen) atoms. The number of fused-ring (bicyclic) bond motifs is 15. The van der Waals surface area contributed by atoms with Gasteiger partial charge in [-0.2, -0.15) is 0 Å². The normalized spacial score (nSPS) is 14.9. The van der Waals surface area contributed by atoms with Crippen molar-refractivity contribution in [3.8, 4) is 27.9 Å². The molecular formula is C53H33BrN2. The summed E-state index contributed by atoms with van der Waals surface area (Å²) in [7, 11) is 0. The molecule has 1 aromatic heterocycles. The van der Waals surface area contributed by atoms with Gasteiger partial charge in [-0.25, -0.2) is 0 Å². The highest BCUT2D eigenvalue weighted by Crippen LogP contribution is 2.65. The van der Waals surface area contributed by atoms with Crippen LogP contribution in [0.3, 0.4) is 0 Å². The molecule has 0 amide bonds. The summed E-state index contributed by atoms with van der Waals surface area (Å²) >= 11 is 3.90. The van der Waals surface area contributed by atoms with Crippen LogP contribution in [0.5, 0.6) is 0 Å². The van der Waals surface area contributed by atoms with Crippen LogP contribution in [0.2, 0.25) is 0 Å². The fraction of sp³-hybridized carbons (Fsp3) is 0.0189. The topological polar surface area (TPSA) is 8.17 Å². The van der Waals surface area contributed by atoms with Crippen LogP contribution in [-0.2, 0) is 5.41 Å². The Morgan fingerprint density at radius 1 is 0.393 bits per heavy atom. The Labute approximate surface area is 333 Å². The summed E-state index contributed by atoms with van der Waals surface area (Å²) in [5.41, 5.74) is 16.9. The fourth-order valence-electron chi connectivity index (χ4n) is 10.1. The molecule has 1 atom stereocenters. The van der Waals surface area contributed by atoms with Gasteiger partial charge in [0.05, 0.1) is 22.1 Å². The monoisotopic (exact) mass is 776 g/mol. The van der Waals surface area contributed by atoms with Crippen molar-refractivity contribution in [1.29, 1.82) is 0 Å². The van der Waals surface area contributed by atoms with E-state index < -0.39 is 5.41 Å². The molecule has 2 aliphatic rings. The maximum absolute atomic E-state index is 3.90.